The molecule has 2 heteroatoms. The van der Waals surface area contributed by atoms with Crippen LogP contribution < -0.4 is 5.73 Å². The number of primary amides is 1. The highest BCUT2D eigenvalue weighted by Crippen LogP contribution is 2.33. The van der Waals surface area contributed by atoms with E-state index in [0.29, 0.717) is 6.42 Å². The number of fused-ring (bicyclic) bond motifs is 1. The quantitative estimate of drug-likeness (QED) is 0.895. The highest BCUT2D eigenvalue weighted by molar-refractivity contribution is 5.82. The van der Waals surface area contributed by atoms with Gasteiger partial charge in [0.15, 0.2) is 0 Å². The topological polar surface area (TPSA) is 43.1 Å². The SMILES string of the molecule is NC(=O)Cc1c(-c2ccccc2)ccc2c1CCC2. The van der Waals surface area contributed by atoms with Crippen LogP contribution in [-0.2, 0) is 24.1 Å². The highest BCUT2D eigenvalue weighted by Gasteiger charge is 2.19. The number of rotatable bonds is 3. The molecule has 0 saturated heterocycles. The first-order valence-corrected chi connectivity index (χ1v) is 6.73. The molecule has 19 heavy (non-hydrogen) atoms. The second-order valence-corrected chi connectivity index (χ2v) is 5.09. The first kappa shape index (κ1) is 12.0. The van der Waals surface area contributed by atoms with Gasteiger partial charge in [0.1, 0.15) is 0 Å². The molecule has 1 amide bonds. The Hall–Kier alpha value is -2.09. The minimum Gasteiger partial charge on any atom is -0.369 e. The molecular weight excluding hydrogens is 234 g/mol. The Kier molecular flexibility index (Phi) is 3.08. The Labute approximate surface area is 113 Å². The normalized spacial score (nSPS) is 13.3. The Balaban J connectivity index is 2.16. The predicted octanol–water partition coefficient (Wildman–Crippen LogP) is 2.87. The molecule has 0 spiro atoms. The lowest BCUT2D eigenvalue weighted by Gasteiger charge is -2.14. The zero-order valence-corrected chi connectivity index (χ0v) is 10.9. The van der Waals surface area contributed by atoms with Crippen LogP contribution in [0.5, 0.6) is 0 Å². The summed E-state index contributed by atoms with van der Waals surface area (Å²) < 4.78 is 0. The average Bonchev–Trinajstić information content (AvgIpc) is 2.88. The van der Waals surface area contributed by atoms with Crippen molar-refractivity contribution in [2.75, 3.05) is 0 Å². The smallest absolute Gasteiger partial charge is 0.221 e. The zero-order chi connectivity index (χ0) is 13.2. The lowest BCUT2D eigenvalue weighted by Crippen LogP contribution is -2.15. The first-order valence-electron chi connectivity index (χ1n) is 6.73. The third kappa shape index (κ3) is 2.26. The van der Waals surface area contributed by atoms with Gasteiger partial charge >= 0.3 is 0 Å². The number of hydrogen-bond donors (Lipinski definition) is 1. The first-order chi connectivity index (χ1) is 9.25. The van der Waals surface area contributed by atoms with Crippen LogP contribution in [0.4, 0.5) is 0 Å². The van der Waals surface area contributed by atoms with E-state index in [-0.39, 0.29) is 5.91 Å². The van der Waals surface area contributed by atoms with Crippen LogP contribution in [0.15, 0.2) is 42.5 Å². The van der Waals surface area contributed by atoms with Gasteiger partial charge in [-0.05, 0) is 47.1 Å². The van der Waals surface area contributed by atoms with Gasteiger partial charge < -0.3 is 5.73 Å². The molecule has 0 bridgehead atoms. The molecular formula is C17H17NO. The Bertz CT molecular complexity index is 617. The number of amides is 1. The molecule has 0 unspecified atom stereocenters. The van der Waals surface area contributed by atoms with Gasteiger partial charge in [0.25, 0.3) is 0 Å². The van der Waals surface area contributed by atoms with Crippen molar-refractivity contribution in [2.45, 2.75) is 25.7 Å². The van der Waals surface area contributed by atoms with Crippen LogP contribution in [0.1, 0.15) is 23.1 Å². The molecule has 0 saturated carbocycles. The summed E-state index contributed by atoms with van der Waals surface area (Å²) in [6, 6.07) is 14.6. The molecule has 3 rings (SSSR count). The van der Waals surface area contributed by atoms with E-state index < -0.39 is 0 Å². The summed E-state index contributed by atoms with van der Waals surface area (Å²) in [5.74, 6) is -0.252. The fourth-order valence-corrected chi connectivity index (χ4v) is 3.01. The van der Waals surface area contributed by atoms with Crippen molar-refractivity contribution in [2.24, 2.45) is 5.73 Å². The molecule has 2 N–H and O–H groups in total. The van der Waals surface area contributed by atoms with Gasteiger partial charge in [-0.2, -0.15) is 0 Å². The summed E-state index contributed by atoms with van der Waals surface area (Å²) in [6.07, 6.45) is 3.71. The van der Waals surface area contributed by atoms with Crippen LogP contribution in [-0.4, -0.2) is 5.91 Å². The molecule has 96 valence electrons. The van der Waals surface area contributed by atoms with Crippen molar-refractivity contribution in [1.29, 1.82) is 0 Å². The van der Waals surface area contributed by atoms with E-state index in [9.17, 15) is 4.79 Å². The molecule has 2 aromatic carbocycles. The molecule has 0 fully saturated rings. The Morgan fingerprint density at radius 3 is 2.58 bits per heavy atom. The molecule has 2 nitrogen and oxygen atoms in total. The second kappa shape index (κ2) is 4.88. The van der Waals surface area contributed by atoms with E-state index in [4.69, 9.17) is 5.73 Å². The van der Waals surface area contributed by atoms with Crippen molar-refractivity contribution in [3.8, 4) is 11.1 Å². The van der Waals surface area contributed by atoms with E-state index in [2.05, 4.69) is 24.3 Å². The van der Waals surface area contributed by atoms with Crippen LogP contribution in [0, 0.1) is 0 Å². The van der Waals surface area contributed by atoms with E-state index in [1.165, 1.54) is 17.5 Å². The number of carbonyl (C=O) groups excluding carboxylic acids is 1. The second-order valence-electron chi connectivity index (χ2n) is 5.09. The Morgan fingerprint density at radius 1 is 1.05 bits per heavy atom. The fourth-order valence-electron chi connectivity index (χ4n) is 3.01. The summed E-state index contributed by atoms with van der Waals surface area (Å²) in [7, 11) is 0. The molecule has 1 aliphatic carbocycles. The maximum absolute atomic E-state index is 11.4. The van der Waals surface area contributed by atoms with Crippen LogP contribution in [0.2, 0.25) is 0 Å². The van der Waals surface area contributed by atoms with E-state index in [1.54, 1.807) is 0 Å². The molecule has 2 aromatic rings. The maximum Gasteiger partial charge on any atom is 0.221 e. The summed E-state index contributed by atoms with van der Waals surface area (Å²) in [5.41, 5.74) is 11.6. The minimum atomic E-state index is -0.252. The van der Waals surface area contributed by atoms with Crippen molar-refractivity contribution < 1.29 is 4.79 Å². The molecule has 0 aliphatic heterocycles. The van der Waals surface area contributed by atoms with Gasteiger partial charge in [-0.3, -0.25) is 4.79 Å². The lowest BCUT2D eigenvalue weighted by atomic mass is 9.91. The predicted molar refractivity (Wildman–Crippen MR) is 76.8 cm³/mol. The maximum atomic E-state index is 11.4. The summed E-state index contributed by atoms with van der Waals surface area (Å²) in [5, 5.41) is 0. The van der Waals surface area contributed by atoms with E-state index in [1.807, 2.05) is 18.2 Å². The zero-order valence-electron chi connectivity index (χ0n) is 10.9. The summed E-state index contributed by atoms with van der Waals surface area (Å²) in [6.45, 7) is 0. The van der Waals surface area contributed by atoms with Crippen molar-refractivity contribution in [3.05, 3.63) is 59.2 Å². The van der Waals surface area contributed by atoms with Gasteiger partial charge in [-0.25, -0.2) is 0 Å². The van der Waals surface area contributed by atoms with Gasteiger partial charge in [0, 0.05) is 0 Å². The Morgan fingerprint density at radius 2 is 1.84 bits per heavy atom. The third-order valence-electron chi connectivity index (χ3n) is 3.84. The van der Waals surface area contributed by atoms with Crippen molar-refractivity contribution in [3.63, 3.8) is 0 Å². The fraction of sp³-hybridized carbons (Fsp3) is 0.235. The van der Waals surface area contributed by atoms with E-state index in [0.717, 1.165) is 29.5 Å². The van der Waals surface area contributed by atoms with Crippen molar-refractivity contribution in [1.82, 2.24) is 0 Å². The average molecular weight is 251 g/mol. The molecule has 1 aliphatic rings. The summed E-state index contributed by atoms with van der Waals surface area (Å²) in [4.78, 5) is 11.4. The van der Waals surface area contributed by atoms with Gasteiger partial charge in [0.05, 0.1) is 6.42 Å². The van der Waals surface area contributed by atoms with Crippen LogP contribution >= 0.6 is 0 Å². The molecule has 0 radical (unpaired) electrons. The number of aryl methyl sites for hydroxylation is 1. The van der Waals surface area contributed by atoms with Gasteiger partial charge in [-0.15, -0.1) is 0 Å². The van der Waals surface area contributed by atoms with Crippen LogP contribution in [0.25, 0.3) is 11.1 Å². The summed E-state index contributed by atoms with van der Waals surface area (Å²) >= 11 is 0. The molecule has 0 aromatic heterocycles. The minimum absolute atomic E-state index is 0.252. The molecule has 0 heterocycles. The monoisotopic (exact) mass is 251 g/mol. The third-order valence-corrected chi connectivity index (χ3v) is 3.84. The number of carbonyl (C=O) groups is 1. The van der Waals surface area contributed by atoms with Crippen LogP contribution in [0.3, 0.4) is 0 Å². The van der Waals surface area contributed by atoms with Gasteiger partial charge in [-0.1, -0.05) is 42.5 Å². The van der Waals surface area contributed by atoms with Gasteiger partial charge in [0.2, 0.25) is 5.91 Å². The number of hydrogen-bond acceptors (Lipinski definition) is 1. The largest absolute Gasteiger partial charge is 0.369 e. The molecule has 0 atom stereocenters. The highest BCUT2D eigenvalue weighted by atomic mass is 16.1. The standard InChI is InChI=1S/C17H17NO/c18-17(19)11-16-14-8-4-7-13(14)9-10-15(16)12-5-2-1-3-6-12/h1-3,5-6,9-10H,4,7-8,11H2,(H2,18,19). The number of nitrogens with two attached hydrogens (primary N) is 1. The van der Waals surface area contributed by atoms with Crippen molar-refractivity contribution >= 4 is 5.91 Å². The van der Waals surface area contributed by atoms with E-state index >= 15 is 0 Å². The number of benzene rings is 2. The lowest BCUT2D eigenvalue weighted by molar-refractivity contribution is -0.117.